The van der Waals surface area contributed by atoms with Gasteiger partial charge in [0.05, 0.1) is 12.3 Å². The van der Waals surface area contributed by atoms with Crippen LogP contribution in [0.1, 0.15) is 22.8 Å². The predicted octanol–water partition coefficient (Wildman–Crippen LogP) is 4.30. The van der Waals surface area contributed by atoms with Crippen LogP contribution in [-0.4, -0.2) is 24.5 Å². The smallest absolute Gasteiger partial charge is 0.259 e. The number of carbonyl (C=O) groups is 2. The fraction of sp³-hybridized carbons (Fsp3) is 0.167. The summed E-state index contributed by atoms with van der Waals surface area (Å²) in [6.45, 7) is 2.40. The quantitative estimate of drug-likeness (QED) is 0.711. The van der Waals surface area contributed by atoms with Crippen molar-refractivity contribution in [3.05, 3.63) is 90.0 Å². The van der Waals surface area contributed by atoms with Crippen molar-refractivity contribution >= 4 is 23.2 Å². The van der Waals surface area contributed by atoms with Crippen LogP contribution in [0.3, 0.4) is 0 Å². The van der Waals surface area contributed by atoms with E-state index in [4.69, 9.17) is 4.74 Å². The van der Waals surface area contributed by atoms with Crippen LogP contribution in [0.25, 0.3) is 0 Å². The number of hydrogen-bond donors (Lipinski definition) is 1. The standard InChI is InChI=1S/C24H22N2O3/c1-2-29-22-15-9-7-13-19(22)25-23(27)21-16-18-12-6-8-14-20(18)26(21)24(28)17-10-4-3-5-11-17/h3-15,21H,2,16H2,1H3,(H,25,27)/t21-/m0/s1. The Morgan fingerprint density at radius 3 is 2.45 bits per heavy atom. The molecule has 0 saturated heterocycles. The molecule has 3 aromatic rings. The number of carbonyl (C=O) groups excluding carboxylic acids is 2. The Hall–Kier alpha value is -3.60. The zero-order valence-electron chi connectivity index (χ0n) is 16.2. The molecular weight excluding hydrogens is 364 g/mol. The number of rotatable bonds is 5. The number of benzene rings is 3. The van der Waals surface area contributed by atoms with Crippen molar-refractivity contribution in [3.8, 4) is 5.75 Å². The molecule has 2 amide bonds. The van der Waals surface area contributed by atoms with Crippen molar-refractivity contribution in [2.45, 2.75) is 19.4 Å². The zero-order valence-corrected chi connectivity index (χ0v) is 16.2. The van der Waals surface area contributed by atoms with Crippen LogP contribution < -0.4 is 15.0 Å². The predicted molar refractivity (Wildman–Crippen MR) is 113 cm³/mol. The number of fused-ring (bicyclic) bond motifs is 1. The first kappa shape index (κ1) is 18.7. The lowest BCUT2D eigenvalue weighted by Gasteiger charge is -2.25. The number of ether oxygens (including phenoxy) is 1. The molecule has 1 heterocycles. The highest BCUT2D eigenvalue weighted by molar-refractivity contribution is 6.13. The Balaban J connectivity index is 1.65. The summed E-state index contributed by atoms with van der Waals surface area (Å²) in [5, 5.41) is 2.95. The first-order valence-electron chi connectivity index (χ1n) is 9.68. The van der Waals surface area contributed by atoms with E-state index in [0.29, 0.717) is 30.0 Å². The second kappa shape index (κ2) is 8.19. The molecule has 1 N–H and O–H groups in total. The van der Waals surface area contributed by atoms with Gasteiger partial charge in [0.15, 0.2) is 0 Å². The maximum atomic E-state index is 13.3. The molecule has 1 aliphatic heterocycles. The molecule has 5 heteroatoms. The van der Waals surface area contributed by atoms with Crippen LogP contribution in [0, 0.1) is 0 Å². The number of nitrogens with one attached hydrogen (secondary N) is 1. The second-order valence-corrected chi connectivity index (χ2v) is 6.81. The number of nitrogens with zero attached hydrogens (tertiary/aromatic N) is 1. The summed E-state index contributed by atoms with van der Waals surface area (Å²) in [5.74, 6) is 0.186. The minimum Gasteiger partial charge on any atom is -0.492 e. The van der Waals surface area contributed by atoms with E-state index in [9.17, 15) is 9.59 Å². The summed E-state index contributed by atoms with van der Waals surface area (Å²) in [5.41, 5.74) is 2.91. The van der Waals surface area contributed by atoms with Crippen molar-refractivity contribution in [2.75, 3.05) is 16.8 Å². The fourth-order valence-corrected chi connectivity index (χ4v) is 3.63. The first-order valence-corrected chi connectivity index (χ1v) is 9.68. The molecule has 0 bridgehead atoms. The van der Waals surface area contributed by atoms with Crippen molar-refractivity contribution in [1.29, 1.82) is 0 Å². The minimum atomic E-state index is -0.630. The molecule has 29 heavy (non-hydrogen) atoms. The van der Waals surface area contributed by atoms with E-state index in [2.05, 4.69) is 5.32 Å². The Kier molecular flexibility index (Phi) is 5.29. The third kappa shape index (κ3) is 3.72. The molecule has 0 aliphatic carbocycles. The summed E-state index contributed by atoms with van der Waals surface area (Å²) in [6, 6.07) is 23.4. The van der Waals surface area contributed by atoms with Crippen LogP contribution >= 0.6 is 0 Å². The fourth-order valence-electron chi connectivity index (χ4n) is 3.63. The van der Waals surface area contributed by atoms with Gasteiger partial charge in [-0.15, -0.1) is 0 Å². The highest BCUT2D eigenvalue weighted by Gasteiger charge is 2.38. The van der Waals surface area contributed by atoms with E-state index in [-0.39, 0.29) is 11.8 Å². The highest BCUT2D eigenvalue weighted by atomic mass is 16.5. The van der Waals surface area contributed by atoms with E-state index in [1.165, 1.54) is 0 Å². The molecule has 5 nitrogen and oxygen atoms in total. The maximum Gasteiger partial charge on any atom is 0.259 e. The number of anilines is 2. The average molecular weight is 386 g/mol. The topological polar surface area (TPSA) is 58.6 Å². The summed E-state index contributed by atoms with van der Waals surface area (Å²) >= 11 is 0. The largest absolute Gasteiger partial charge is 0.492 e. The van der Waals surface area contributed by atoms with Gasteiger partial charge in [-0.25, -0.2) is 0 Å². The lowest BCUT2D eigenvalue weighted by Crippen LogP contribution is -2.45. The molecule has 0 unspecified atom stereocenters. The van der Waals surface area contributed by atoms with Gasteiger partial charge in [-0.05, 0) is 42.8 Å². The lowest BCUT2D eigenvalue weighted by molar-refractivity contribution is -0.117. The molecule has 0 aromatic heterocycles. The third-order valence-electron chi connectivity index (χ3n) is 4.96. The van der Waals surface area contributed by atoms with Gasteiger partial charge < -0.3 is 10.1 Å². The van der Waals surface area contributed by atoms with Gasteiger partial charge in [0.2, 0.25) is 5.91 Å². The monoisotopic (exact) mass is 386 g/mol. The summed E-state index contributed by atoms with van der Waals surface area (Å²) in [7, 11) is 0. The van der Waals surface area contributed by atoms with Gasteiger partial charge in [-0.3, -0.25) is 14.5 Å². The number of amides is 2. The normalized spacial score (nSPS) is 14.9. The summed E-state index contributed by atoms with van der Waals surface area (Å²) < 4.78 is 5.61. The molecule has 0 spiro atoms. The van der Waals surface area contributed by atoms with Crippen LogP contribution in [0.4, 0.5) is 11.4 Å². The molecule has 0 saturated carbocycles. The van der Waals surface area contributed by atoms with E-state index >= 15 is 0 Å². The molecule has 0 fully saturated rings. The van der Waals surface area contributed by atoms with Gasteiger partial charge in [-0.2, -0.15) is 0 Å². The Bertz CT molecular complexity index is 1030. The van der Waals surface area contributed by atoms with Crippen molar-refractivity contribution in [1.82, 2.24) is 0 Å². The van der Waals surface area contributed by atoms with E-state index in [0.717, 1.165) is 11.3 Å². The van der Waals surface area contributed by atoms with Crippen molar-refractivity contribution < 1.29 is 14.3 Å². The van der Waals surface area contributed by atoms with Crippen LogP contribution in [0.15, 0.2) is 78.9 Å². The Morgan fingerprint density at radius 2 is 1.66 bits per heavy atom. The lowest BCUT2D eigenvalue weighted by atomic mass is 10.1. The minimum absolute atomic E-state index is 0.186. The summed E-state index contributed by atoms with van der Waals surface area (Å²) in [4.78, 5) is 28.1. The Labute approximate surface area is 169 Å². The molecule has 146 valence electrons. The van der Waals surface area contributed by atoms with Crippen LogP contribution in [0.5, 0.6) is 5.75 Å². The molecular formula is C24H22N2O3. The highest BCUT2D eigenvalue weighted by Crippen LogP contribution is 2.34. The van der Waals surface area contributed by atoms with E-state index < -0.39 is 6.04 Å². The van der Waals surface area contributed by atoms with Gasteiger partial charge in [0.25, 0.3) is 5.91 Å². The van der Waals surface area contributed by atoms with Crippen LogP contribution in [0.2, 0.25) is 0 Å². The van der Waals surface area contributed by atoms with Gasteiger partial charge in [0, 0.05) is 17.7 Å². The zero-order chi connectivity index (χ0) is 20.2. The molecule has 1 atom stereocenters. The van der Waals surface area contributed by atoms with Gasteiger partial charge in [0.1, 0.15) is 11.8 Å². The maximum absolute atomic E-state index is 13.3. The van der Waals surface area contributed by atoms with Crippen molar-refractivity contribution in [2.24, 2.45) is 0 Å². The third-order valence-corrected chi connectivity index (χ3v) is 4.96. The first-order chi connectivity index (χ1) is 14.2. The molecule has 4 rings (SSSR count). The number of hydrogen-bond acceptors (Lipinski definition) is 3. The molecule has 1 aliphatic rings. The average Bonchev–Trinajstić information content (AvgIpc) is 3.15. The van der Waals surface area contributed by atoms with E-state index in [1.807, 2.05) is 67.6 Å². The molecule has 0 radical (unpaired) electrons. The summed E-state index contributed by atoms with van der Waals surface area (Å²) in [6.07, 6.45) is 0.470. The number of para-hydroxylation sites is 3. The Morgan fingerprint density at radius 1 is 0.966 bits per heavy atom. The van der Waals surface area contributed by atoms with Gasteiger partial charge >= 0.3 is 0 Å². The van der Waals surface area contributed by atoms with Gasteiger partial charge in [-0.1, -0.05) is 48.5 Å². The SMILES string of the molecule is CCOc1ccccc1NC(=O)[C@@H]1Cc2ccccc2N1C(=O)c1ccccc1. The second-order valence-electron chi connectivity index (χ2n) is 6.81. The van der Waals surface area contributed by atoms with E-state index in [1.54, 1.807) is 23.1 Å². The van der Waals surface area contributed by atoms with Crippen molar-refractivity contribution in [3.63, 3.8) is 0 Å². The molecule has 3 aromatic carbocycles. The van der Waals surface area contributed by atoms with Crippen LogP contribution in [-0.2, 0) is 11.2 Å².